The van der Waals surface area contributed by atoms with Crippen LogP contribution in [-0.4, -0.2) is 41.1 Å². The maximum atomic E-state index is 12.0. The van der Waals surface area contributed by atoms with E-state index in [1.165, 1.54) is 4.90 Å². The van der Waals surface area contributed by atoms with Crippen molar-refractivity contribution in [1.82, 2.24) is 10.2 Å². The van der Waals surface area contributed by atoms with E-state index in [1.807, 2.05) is 30.3 Å². The lowest BCUT2D eigenvalue weighted by Gasteiger charge is -2.11. The van der Waals surface area contributed by atoms with Crippen molar-refractivity contribution >= 4 is 11.9 Å². The van der Waals surface area contributed by atoms with Gasteiger partial charge in [0.05, 0.1) is 0 Å². The van der Waals surface area contributed by atoms with Gasteiger partial charge in [0.2, 0.25) is 0 Å². The highest BCUT2D eigenvalue weighted by molar-refractivity contribution is 6.04. The Balaban J connectivity index is 1.88. The number of aliphatic hydroxyl groups is 1. The molecule has 0 bridgehead atoms. The fourth-order valence-electron chi connectivity index (χ4n) is 2.17. The molecule has 0 saturated carbocycles. The molecule has 0 radical (unpaired) electrons. The fourth-order valence-corrected chi connectivity index (χ4v) is 2.17. The molecule has 1 aliphatic rings. The number of aliphatic hydroxyl groups excluding tert-OH is 1. The van der Waals surface area contributed by atoms with Crippen LogP contribution in [0.15, 0.2) is 30.3 Å². The zero-order valence-corrected chi connectivity index (χ0v) is 10.7. The van der Waals surface area contributed by atoms with Crippen molar-refractivity contribution in [2.45, 2.75) is 25.3 Å². The zero-order valence-electron chi connectivity index (χ0n) is 10.7. The molecule has 1 aromatic rings. The molecule has 0 aromatic heterocycles. The average molecular weight is 262 g/mol. The van der Waals surface area contributed by atoms with Crippen LogP contribution in [0.4, 0.5) is 4.79 Å². The highest BCUT2D eigenvalue weighted by Gasteiger charge is 2.36. The largest absolute Gasteiger partial charge is 0.396 e. The van der Waals surface area contributed by atoms with Crippen molar-refractivity contribution < 1.29 is 14.7 Å². The second-order valence-corrected chi connectivity index (χ2v) is 4.59. The number of nitrogens with one attached hydrogen (secondary N) is 1. The van der Waals surface area contributed by atoms with E-state index in [1.54, 1.807) is 0 Å². The fraction of sp³-hybridized carbons (Fsp3) is 0.429. The Labute approximate surface area is 112 Å². The topological polar surface area (TPSA) is 69.6 Å². The molecule has 2 rings (SSSR count). The molecule has 102 valence electrons. The molecular weight excluding hydrogens is 244 g/mol. The summed E-state index contributed by atoms with van der Waals surface area (Å²) in [5.74, 6) is -0.186. The minimum Gasteiger partial charge on any atom is -0.396 e. The molecule has 0 spiro atoms. The van der Waals surface area contributed by atoms with Crippen LogP contribution >= 0.6 is 0 Å². The van der Waals surface area contributed by atoms with Crippen LogP contribution in [-0.2, 0) is 11.2 Å². The zero-order chi connectivity index (χ0) is 13.7. The monoisotopic (exact) mass is 262 g/mol. The number of imide groups is 1. The van der Waals surface area contributed by atoms with Gasteiger partial charge in [-0.25, -0.2) is 4.79 Å². The van der Waals surface area contributed by atoms with Crippen LogP contribution in [0.3, 0.4) is 0 Å². The predicted octanol–water partition coefficient (Wildman–Crippen LogP) is 0.922. The quantitative estimate of drug-likeness (QED) is 0.749. The van der Waals surface area contributed by atoms with E-state index in [-0.39, 0.29) is 25.1 Å². The molecule has 5 heteroatoms. The summed E-state index contributed by atoms with van der Waals surface area (Å²) in [6.07, 6.45) is 1.78. The van der Waals surface area contributed by atoms with Crippen molar-refractivity contribution in [2.24, 2.45) is 0 Å². The Kier molecular flexibility index (Phi) is 4.52. The van der Waals surface area contributed by atoms with E-state index in [0.717, 1.165) is 12.0 Å². The Morgan fingerprint density at radius 2 is 1.95 bits per heavy atom. The van der Waals surface area contributed by atoms with Gasteiger partial charge in [-0.15, -0.1) is 0 Å². The van der Waals surface area contributed by atoms with Gasteiger partial charge in [0.25, 0.3) is 5.91 Å². The van der Waals surface area contributed by atoms with Crippen molar-refractivity contribution in [2.75, 3.05) is 13.2 Å². The van der Waals surface area contributed by atoms with Gasteiger partial charge in [-0.05, 0) is 24.8 Å². The van der Waals surface area contributed by atoms with E-state index >= 15 is 0 Å². The third-order valence-corrected chi connectivity index (χ3v) is 3.21. The molecule has 2 N–H and O–H groups in total. The molecule has 1 unspecified atom stereocenters. The van der Waals surface area contributed by atoms with Crippen LogP contribution in [0.5, 0.6) is 0 Å². The molecule has 0 aliphatic carbocycles. The van der Waals surface area contributed by atoms with Crippen LogP contribution < -0.4 is 5.32 Å². The van der Waals surface area contributed by atoms with Gasteiger partial charge in [0, 0.05) is 13.2 Å². The Bertz CT molecular complexity index is 447. The lowest BCUT2D eigenvalue weighted by molar-refractivity contribution is -0.127. The van der Waals surface area contributed by atoms with Crippen LogP contribution in [0.2, 0.25) is 0 Å². The molecule has 1 fully saturated rings. The summed E-state index contributed by atoms with van der Waals surface area (Å²) in [6.45, 7) is 0.259. The van der Waals surface area contributed by atoms with Gasteiger partial charge in [0.1, 0.15) is 6.04 Å². The molecule has 19 heavy (non-hydrogen) atoms. The summed E-state index contributed by atoms with van der Waals surface area (Å²) in [5, 5.41) is 11.4. The summed E-state index contributed by atoms with van der Waals surface area (Å²) >= 11 is 0. The summed E-state index contributed by atoms with van der Waals surface area (Å²) in [4.78, 5) is 24.8. The van der Waals surface area contributed by atoms with E-state index in [4.69, 9.17) is 5.11 Å². The number of amides is 3. The number of hydrogen-bond donors (Lipinski definition) is 2. The lowest BCUT2D eigenvalue weighted by Crippen LogP contribution is -2.32. The third kappa shape index (κ3) is 3.32. The smallest absolute Gasteiger partial charge is 0.324 e. The molecule has 1 saturated heterocycles. The van der Waals surface area contributed by atoms with Crippen LogP contribution in [0.1, 0.15) is 18.4 Å². The van der Waals surface area contributed by atoms with Crippen molar-refractivity contribution in [3.63, 3.8) is 0 Å². The maximum absolute atomic E-state index is 12.0. The van der Waals surface area contributed by atoms with Gasteiger partial charge in [-0.1, -0.05) is 30.3 Å². The average Bonchev–Trinajstić information content (AvgIpc) is 2.70. The van der Waals surface area contributed by atoms with Crippen molar-refractivity contribution in [3.05, 3.63) is 35.9 Å². The van der Waals surface area contributed by atoms with E-state index in [9.17, 15) is 9.59 Å². The second-order valence-electron chi connectivity index (χ2n) is 4.59. The Morgan fingerprint density at radius 1 is 1.21 bits per heavy atom. The highest BCUT2D eigenvalue weighted by Crippen LogP contribution is 2.13. The standard InChI is InChI=1S/C14H18N2O3/c17-10-4-9-16-13(18)12(15-14(16)19)8-7-11-5-2-1-3-6-11/h1-3,5-6,12,17H,4,7-10H2,(H,15,19). The van der Waals surface area contributed by atoms with Crippen LogP contribution in [0, 0.1) is 0 Å². The first-order valence-electron chi connectivity index (χ1n) is 6.49. The number of aryl methyl sites for hydroxylation is 1. The van der Waals surface area contributed by atoms with Crippen LogP contribution in [0.25, 0.3) is 0 Å². The number of benzene rings is 1. The SMILES string of the molecule is O=C1NC(CCc2ccccc2)C(=O)N1CCCO. The van der Waals surface area contributed by atoms with Crippen molar-refractivity contribution in [1.29, 1.82) is 0 Å². The third-order valence-electron chi connectivity index (χ3n) is 3.21. The summed E-state index contributed by atoms with van der Waals surface area (Å²) < 4.78 is 0. The first kappa shape index (κ1) is 13.5. The van der Waals surface area contributed by atoms with Gasteiger partial charge >= 0.3 is 6.03 Å². The van der Waals surface area contributed by atoms with E-state index in [2.05, 4.69) is 5.32 Å². The Morgan fingerprint density at radius 3 is 2.63 bits per heavy atom. The number of carbonyl (C=O) groups excluding carboxylic acids is 2. The normalized spacial score (nSPS) is 18.8. The van der Waals surface area contributed by atoms with Gasteiger partial charge in [-0.3, -0.25) is 9.69 Å². The minimum atomic E-state index is -0.439. The van der Waals surface area contributed by atoms with E-state index in [0.29, 0.717) is 12.8 Å². The Hall–Kier alpha value is -1.88. The number of carbonyl (C=O) groups is 2. The first-order valence-corrected chi connectivity index (χ1v) is 6.49. The summed E-state index contributed by atoms with van der Waals surface area (Å²) in [5.41, 5.74) is 1.15. The lowest BCUT2D eigenvalue weighted by atomic mass is 10.1. The molecule has 1 heterocycles. The molecule has 1 aromatic carbocycles. The van der Waals surface area contributed by atoms with Crippen molar-refractivity contribution in [3.8, 4) is 0 Å². The number of urea groups is 1. The molecule has 1 atom stereocenters. The number of nitrogens with zero attached hydrogens (tertiary/aromatic N) is 1. The van der Waals surface area contributed by atoms with Gasteiger partial charge < -0.3 is 10.4 Å². The van der Waals surface area contributed by atoms with Gasteiger partial charge in [-0.2, -0.15) is 0 Å². The minimum absolute atomic E-state index is 0.0221. The maximum Gasteiger partial charge on any atom is 0.324 e. The summed E-state index contributed by atoms with van der Waals surface area (Å²) in [7, 11) is 0. The van der Waals surface area contributed by atoms with E-state index < -0.39 is 6.04 Å². The highest BCUT2D eigenvalue weighted by atomic mass is 16.3. The predicted molar refractivity (Wildman–Crippen MR) is 70.5 cm³/mol. The molecule has 5 nitrogen and oxygen atoms in total. The van der Waals surface area contributed by atoms with Gasteiger partial charge in [0.15, 0.2) is 0 Å². The molecular formula is C14H18N2O3. The molecule has 3 amide bonds. The number of rotatable bonds is 6. The number of hydrogen-bond acceptors (Lipinski definition) is 3. The summed E-state index contributed by atoms with van der Waals surface area (Å²) in [6, 6.07) is 9.08. The molecule has 1 aliphatic heterocycles. The first-order chi connectivity index (χ1) is 9.22. The second kappa shape index (κ2) is 6.33.